The van der Waals surface area contributed by atoms with Crippen molar-refractivity contribution in [1.29, 1.82) is 0 Å². The molecule has 2 N–H and O–H groups in total. The molecule has 0 atom stereocenters. The molecular weight excluding hydrogens is 378 g/mol. The van der Waals surface area contributed by atoms with Crippen LogP contribution in [0.25, 0.3) is 11.0 Å². The number of halogens is 1. The summed E-state index contributed by atoms with van der Waals surface area (Å²) in [4.78, 5) is 24.7. The van der Waals surface area contributed by atoms with E-state index in [4.69, 9.17) is 16.3 Å². The number of amides is 2. The minimum absolute atomic E-state index is 0.149. The molecule has 0 radical (unpaired) electrons. The number of benzene rings is 2. The van der Waals surface area contributed by atoms with Gasteiger partial charge in [0.2, 0.25) is 0 Å². The number of hydrogen-bond donors (Lipinski definition) is 2. The van der Waals surface area contributed by atoms with Crippen molar-refractivity contribution >= 4 is 34.4 Å². The van der Waals surface area contributed by atoms with Crippen LogP contribution in [0.2, 0.25) is 5.02 Å². The quantitative estimate of drug-likeness (QED) is 0.703. The van der Waals surface area contributed by atoms with Crippen molar-refractivity contribution in [1.82, 2.24) is 19.8 Å². The van der Waals surface area contributed by atoms with Crippen molar-refractivity contribution < 1.29 is 9.53 Å². The van der Waals surface area contributed by atoms with E-state index in [9.17, 15) is 4.79 Å². The van der Waals surface area contributed by atoms with Crippen LogP contribution in [0.15, 0.2) is 42.5 Å². The van der Waals surface area contributed by atoms with Crippen molar-refractivity contribution in [2.45, 2.75) is 6.54 Å². The Morgan fingerprint density at radius 2 is 2.00 bits per heavy atom. The van der Waals surface area contributed by atoms with E-state index < -0.39 is 0 Å². The van der Waals surface area contributed by atoms with Crippen LogP contribution < -0.4 is 10.1 Å². The first kappa shape index (κ1) is 18.6. The minimum Gasteiger partial charge on any atom is -0.495 e. The molecule has 146 valence electrons. The lowest BCUT2D eigenvalue weighted by atomic mass is 10.3. The number of piperazine rings is 1. The molecule has 3 aromatic rings. The topological polar surface area (TPSA) is 73.5 Å². The van der Waals surface area contributed by atoms with Crippen LogP contribution >= 0.6 is 11.6 Å². The van der Waals surface area contributed by atoms with Crippen LogP contribution in [-0.4, -0.2) is 59.1 Å². The SMILES string of the molecule is COc1ccc(Cl)cc1NC(=O)N1CCN(Cc2nc3ccccc3[nH]2)CC1. The van der Waals surface area contributed by atoms with Crippen LogP contribution in [0.3, 0.4) is 0 Å². The molecule has 0 aliphatic carbocycles. The Bertz CT molecular complexity index is 949. The standard InChI is InChI=1S/C20H22ClN5O2/c1-28-18-7-6-14(21)12-17(18)24-20(27)26-10-8-25(9-11-26)13-19-22-15-4-2-3-5-16(15)23-19/h2-7,12H,8-11,13H2,1H3,(H,22,23)(H,24,27). The second kappa shape index (κ2) is 8.08. The van der Waals surface area contributed by atoms with E-state index in [1.165, 1.54) is 0 Å². The highest BCUT2D eigenvalue weighted by atomic mass is 35.5. The fourth-order valence-electron chi connectivity index (χ4n) is 3.37. The Labute approximate surface area is 168 Å². The predicted molar refractivity (Wildman–Crippen MR) is 110 cm³/mol. The number of aromatic amines is 1. The Morgan fingerprint density at radius 3 is 2.75 bits per heavy atom. The van der Waals surface area contributed by atoms with E-state index in [2.05, 4.69) is 20.2 Å². The lowest BCUT2D eigenvalue weighted by Crippen LogP contribution is -2.49. The van der Waals surface area contributed by atoms with Crippen LogP contribution in [0, 0.1) is 0 Å². The highest BCUT2D eigenvalue weighted by Crippen LogP contribution is 2.28. The van der Waals surface area contributed by atoms with Gasteiger partial charge >= 0.3 is 6.03 Å². The number of nitrogens with one attached hydrogen (secondary N) is 2. The van der Waals surface area contributed by atoms with Crippen molar-refractivity contribution in [2.24, 2.45) is 0 Å². The summed E-state index contributed by atoms with van der Waals surface area (Å²) in [5.74, 6) is 1.53. The van der Waals surface area contributed by atoms with Gasteiger partial charge in [0.25, 0.3) is 0 Å². The molecule has 2 aromatic carbocycles. The van der Waals surface area contributed by atoms with Crippen molar-refractivity contribution in [3.63, 3.8) is 0 Å². The number of ether oxygens (including phenoxy) is 1. The maximum Gasteiger partial charge on any atom is 0.322 e. The molecular formula is C20H22ClN5O2. The summed E-state index contributed by atoms with van der Waals surface area (Å²) in [7, 11) is 1.57. The van der Waals surface area contributed by atoms with E-state index >= 15 is 0 Å². The van der Waals surface area contributed by atoms with Crippen LogP contribution in [0.4, 0.5) is 10.5 Å². The number of hydrogen-bond acceptors (Lipinski definition) is 4. The van der Waals surface area contributed by atoms with Gasteiger partial charge < -0.3 is 19.9 Å². The Kier molecular flexibility index (Phi) is 5.36. The number of anilines is 1. The third kappa shape index (κ3) is 4.05. The van der Waals surface area contributed by atoms with Gasteiger partial charge in [0.1, 0.15) is 11.6 Å². The summed E-state index contributed by atoms with van der Waals surface area (Å²) in [5, 5.41) is 3.44. The van der Waals surface area contributed by atoms with Crippen molar-refractivity contribution in [3.05, 3.63) is 53.3 Å². The van der Waals surface area contributed by atoms with Gasteiger partial charge in [-0.15, -0.1) is 0 Å². The number of fused-ring (bicyclic) bond motifs is 1. The number of urea groups is 1. The van der Waals surface area contributed by atoms with Gasteiger partial charge in [-0.3, -0.25) is 4.90 Å². The molecule has 1 saturated heterocycles. The molecule has 2 heterocycles. The lowest BCUT2D eigenvalue weighted by Gasteiger charge is -2.34. The number of imidazole rings is 1. The molecule has 4 rings (SSSR count). The Hall–Kier alpha value is -2.77. The fourth-order valence-corrected chi connectivity index (χ4v) is 3.55. The van der Waals surface area contributed by atoms with Gasteiger partial charge in [-0.2, -0.15) is 0 Å². The number of aromatic nitrogens is 2. The van der Waals surface area contributed by atoms with Crippen molar-refractivity contribution in [2.75, 3.05) is 38.6 Å². The van der Waals surface area contributed by atoms with Gasteiger partial charge in [0.15, 0.2) is 0 Å². The number of carbonyl (C=O) groups is 1. The lowest BCUT2D eigenvalue weighted by molar-refractivity contribution is 0.141. The third-order valence-electron chi connectivity index (χ3n) is 4.87. The molecule has 7 nitrogen and oxygen atoms in total. The minimum atomic E-state index is -0.149. The molecule has 2 amide bonds. The number of nitrogens with zero attached hydrogens (tertiary/aromatic N) is 3. The second-order valence-electron chi connectivity index (χ2n) is 6.74. The second-order valence-corrected chi connectivity index (χ2v) is 7.18. The number of rotatable bonds is 4. The molecule has 1 aliphatic heterocycles. The number of para-hydroxylation sites is 2. The van der Waals surface area contributed by atoms with Gasteiger partial charge in [-0.25, -0.2) is 9.78 Å². The summed E-state index contributed by atoms with van der Waals surface area (Å²) in [5.41, 5.74) is 2.60. The van der Waals surface area contributed by atoms with Crippen LogP contribution in [0.1, 0.15) is 5.82 Å². The van der Waals surface area contributed by atoms with E-state index in [-0.39, 0.29) is 6.03 Å². The number of methoxy groups -OCH3 is 1. The summed E-state index contributed by atoms with van der Waals surface area (Å²) >= 11 is 6.03. The molecule has 0 saturated carbocycles. The molecule has 1 fully saturated rings. The van der Waals surface area contributed by atoms with Crippen LogP contribution in [0.5, 0.6) is 5.75 Å². The smallest absolute Gasteiger partial charge is 0.322 e. The predicted octanol–water partition coefficient (Wildman–Crippen LogP) is 3.57. The molecule has 0 unspecified atom stereocenters. The highest BCUT2D eigenvalue weighted by molar-refractivity contribution is 6.31. The Morgan fingerprint density at radius 1 is 1.21 bits per heavy atom. The normalized spacial score (nSPS) is 15.0. The summed E-state index contributed by atoms with van der Waals surface area (Å²) in [6.07, 6.45) is 0. The number of carbonyl (C=O) groups excluding carboxylic acids is 1. The van der Waals surface area contributed by atoms with Gasteiger partial charge in [-0.1, -0.05) is 23.7 Å². The van der Waals surface area contributed by atoms with Gasteiger partial charge in [-0.05, 0) is 30.3 Å². The first-order chi connectivity index (χ1) is 13.6. The zero-order valence-electron chi connectivity index (χ0n) is 15.6. The maximum absolute atomic E-state index is 12.6. The zero-order valence-corrected chi connectivity index (χ0v) is 16.4. The fraction of sp³-hybridized carbons (Fsp3) is 0.300. The Balaban J connectivity index is 1.33. The van der Waals surface area contributed by atoms with E-state index in [0.717, 1.165) is 36.5 Å². The highest BCUT2D eigenvalue weighted by Gasteiger charge is 2.22. The largest absolute Gasteiger partial charge is 0.495 e. The summed E-state index contributed by atoms with van der Waals surface area (Å²) in [6, 6.07) is 13.0. The summed E-state index contributed by atoms with van der Waals surface area (Å²) < 4.78 is 5.29. The van der Waals surface area contributed by atoms with E-state index in [1.54, 1.807) is 30.2 Å². The average molecular weight is 400 g/mol. The van der Waals surface area contributed by atoms with Crippen molar-refractivity contribution in [3.8, 4) is 5.75 Å². The average Bonchev–Trinajstić information content (AvgIpc) is 3.11. The van der Waals surface area contributed by atoms with Gasteiger partial charge in [0.05, 0.1) is 30.4 Å². The molecule has 1 aliphatic rings. The summed E-state index contributed by atoms with van der Waals surface area (Å²) in [6.45, 7) is 3.62. The molecule has 8 heteroatoms. The molecule has 0 spiro atoms. The third-order valence-corrected chi connectivity index (χ3v) is 5.11. The first-order valence-electron chi connectivity index (χ1n) is 9.18. The first-order valence-corrected chi connectivity index (χ1v) is 9.55. The number of H-pyrrole nitrogens is 1. The molecule has 28 heavy (non-hydrogen) atoms. The zero-order chi connectivity index (χ0) is 19.5. The molecule has 0 bridgehead atoms. The van der Waals surface area contributed by atoms with Crippen LogP contribution in [-0.2, 0) is 6.54 Å². The monoisotopic (exact) mass is 399 g/mol. The molecule has 1 aromatic heterocycles. The van der Waals surface area contributed by atoms with Gasteiger partial charge in [0, 0.05) is 31.2 Å². The van der Waals surface area contributed by atoms with E-state index in [1.807, 2.05) is 24.3 Å². The van der Waals surface area contributed by atoms with E-state index in [0.29, 0.717) is 29.5 Å². The maximum atomic E-state index is 12.6.